The van der Waals surface area contributed by atoms with E-state index in [0.717, 1.165) is 6.92 Å². The Morgan fingerprint density at radius 1 is 0.616 bits per heavy atom. The largest absolute Gasteiger partial charge is 0.508 e. The smallest absolute Gasteiger partial charge is 0.326 e. The Kier molecular flexibility index (Phi) is 28.7. The van der Waals surface area contributed by atoms with E-state index < -0.39 is 133 Å². The molecule has 27 heteroatoms. The van der Waals surface area contributed by atoms with Gasteiger partial charge < -0.3 is 85.9 Å². The van der Waals surface area contributed by atoms with Crippen molar-refractivity contribution in [3.05, 3.63) is 29.8 Å². The number of carboxylic acids is 2. The van der Waals surface area contributed by atoms with Crippen molar-refractivity contribution in [2.75, 3.05) is 19.6 Å². The van der Waals surface area contributed by atoms with E-state index in [1.807, 2.05) is 6.92 Å². The minimum atomic E-state index is -1.84. The second-order valence-electron chi connectivity index (χ2n) is 17.8. The minimum absolute atomic E-state index is 0.0267. The maximum absolute atomic E-state index is 14.1. The zero-order valence-electron chi connectivity index (χ0n) is 42.3. The molecule has 410 valence electrons. The molecule has 0 aliphatic carbocycles. The number of phenolic OH excluding ortho intramolecular Hbond substituents is 1. The van der Waals surface area contributed by atoms with Gasteiger partial charge in [-0.05, 0) is 82.0 Å². The fourth-order valence-electron chi connectivity index (χ4n) is 6.84. The van der Waals surface area contributed by atoms with Crippen LogP contribution in [0.25, 0.3) is 0 Å². The second-order valence-corrected chi connectivity index (χ2v) is 17.8. The molecule has 0 saturated heterocycles. The molecule has 0 saturated carbocycles. The first-order valence-corrected chi connectivity index (χ1v) is 24.1. The summed E-state index contributed by atoms with van der Waals surface area (Å²) in [5.74, 6) is -11.5. The summed E-state index contributed by atoms with van der Waals surface area (Å²) in [4.78, 5) is 135. The van der Waals surface area contributed by atoms with E-state index in [2.05, 4.69) is 47.5 Å². The Labute approximate surface area is 423 Å². The number of rotatable bonds is 34. The number of hydrogen-bond acceptors (Lipinski definition) is 15. The number of carboxylic acid groups (broad SMARTS) is 2. The number of nitrogens with zero attached hydrogens (tertiary/aromatic N) is 1. The maximum atomic E-state index is 14.1. The standard InChI is InChI=1S/C46H77N13O14/c1-7-23(3)35(48)43(70)55-30(13-11-19-51-46(49)50)40(67)54-29(12-9-10-18-47)41(68)57-31(20-27-14-16-28(61)17-15-27)42(69)53-25(5)38(65)56-32(21-34(63)64)39(66)52-22-33(62)58-37(26(6)60)44(71)59-36(45(72)73)24(4)8-2/h14-17,23-26,29-32,35-37,60-61H,7-13,18-22,47-48H2,1-6H3,(H,52,66)(H,53,69)(H,54,67)(H,55,70)(H,56,65)(H,57,68)(H,58,62)(H,59,71)(H,63,64)(H,72,73)(H4,49,50,51)/t23-,24-,25-,26+,29-,30-,31-,32-,35-,36-,37-/m0/s1. The number of amides is 8. The van der Waals surface area contributed by atoms with E-state index >= 15 is 0 Å². The van der Waals surface area contributed by atoms with Crippen LogP contribution in [-0.4, -0.2) is 160 Å². The van der Waals surface area contributed by atoms with Crippen LogP contribution >= 0.6 is 0 Å². The van der Waals surface area contributed by atoms with Gasteiger partial charge in [-0.25, -0.2) is 4.79 Å². The highest BCUT2D eigenvalue weighted by atomic mass is 16.4. The van der Waals surface area contributed by atoms with Crippen LogP contribution in [0.3, 0.4) is 0 Å². The van der Waals surface area contributed by atoms with E-state index in [9.17, 15) is 68.4 Å². The number of nitrogens with two attached hydrogens (primary N) is 4. The molecule has 0 radical (unpaired) electrons. The Bertz CT molecular complexity index is 2050. The first-order chi connectivity index (χ1) is 34.3. The number of aliphatic carboxylic acids is 2. The van der Waals surface area contributed by atoms with Crippen LogP contribution in [0.1, 0.15) is 98.5 Å². The summed E-state index contributed by atoms with van der Waals surface area (Å²) in [5, 5.41) is 58.4. The van der Waals surface area contributed by atoms with Gasteiger partial charge in [0.2, 0.25) is 47.3 Å². The topological polar surface area (TPSA) is 464 Å². The Hall–Kier alpha value is -7.13. The number of unbranched alkanes of at least 4 members (excludes halogenated alkanes) is 1. The molecule has 11 atom stereocenters. The van der Waals surface area contributed by atoms with Gasteiger partial charge >= 0.3 is 11.9 Å². The third-order valence-corrected chi connectivity index (χ3v) is 11.8. The molecule has 0 unspecified atom stereocenters. The molecule has 27 nitrogen and oxygen atoms in total. The van der Waals surface area contributed by atoms with Gasteiger partial charge in [-0.1, -0.05) is 52.7 Å². The minimum Gasteiger partial charge on any atom is -0.508 e. The molecule has 0 fully saturated rings. The molecule has 8 amide bonds. The number of phenols is 1. The molecule has 1 aromatic carbocycles. The number of benzene rings is 1. The van der Waals surface area contributed by atoms with Crippen LogP contribution in [0.5, 0.6) is 5.75 Å². The number of carbonyl (C=O) groups excluding carboxylic acids is 8. The van der Waals surface area contributed by atoms with Crippen molar-refractivity contribution >= 4 is 65.2 Å². The van der Waals surface area contributed by atoms with Crippen LogP contribution in [0, 0.1) is 11.8 Å². The van der Waals surface area contributed by atoms with Crippen LogP contribution in [0.15, 0.2) is 29.3 Å². The molecule has 0 heterocycles. The van der Waals surface area contributed by atoms with Crippen molar-refractivity contribution in [1.29, 1.82) is 0 Å². The first kappa shape index (κ1) is 63.9. The summed E-state index contributed by atoms with van der Waals surface area (Å²) >= 11 is 0. The number of guanidine groups is 1. The van der Waals surface area contributed by atoms with Gasteiger partial charge in [0.25, 0.3) is 0 Å². The monoisotopic (exact) mass is 1040 g/mol. The van der Waals surface area contributed by atoms with Gasteiger partial charge in [0.15, 0.2) is 5.96 Å². The predicted molar refractivity (Wildman–Crippen MR) is 265 cm³/mol. The number of aliphatic imine (C=N–C) groups is 1. The number of aliphatic hydroxyl groups excluding tert-OH is 1. The van der Waals surface area contributed by atoms with Crippen molar-refractivity contribution in [2.24, 2.45) is 39.8 Å². The average molecular weight is 1040 g/mol. The highest BCUT2D eigenvalue weighted by molar-refractivity contribution is 5.98. The summed E-state index contributed by atoms with van der Waals surface area (Å²) in [5.41, 5.74) is 23.2. The summed E-state index contributed by atoms with van der Waals surface area (Å²) in [7, 11) is 0. The van der Waals surface area contributed by atoms with Crippen LogP contribution in [0.4, 0.5) is 0 Å². The van der Waals surface area contributed by atoms with Gasteiger partial charge in [0.05, 0.1) is 25.1 Å². The lowest BCUT2D eigenvalue weighted by Gasteiger charge is -2.27. The Balaban J connectivity index is 3.35. The van der Waals surface area contributed by atoms with Crippen LogP contribution in [-0.2, 0) is 54.4 Å². The van der Waals surface area contributed by atoms with E-state index in [-0.39, 0.29) is 56.4 Å². The van der Waals surface area contributed by atoms with E-state index in [4.69, 9.17) is 22.9 Å². The van der Waals surface area contributed by atoms with E-state index in [1.165, 1.54) is 31.2 Å². The van der Waals surface area contributed by atoms with E-state index in [1.54, 1.807) is 20.8 Å². The maximum Gasteiger partial charge on any atom is 0.326 e. The van der Waals surface area contributed by atoms with Gasteiger partial charge in [0, 0.05) is 13.0 Å². The fraction of sp³-hybridized carbons (Fsp3) is 0.630. The van der Waals surface area contributed by atoms with Crippen molar-refractivity contribution in [3.8, 4) is 5.75 Å². The van der Waals surface area contributed by atoms with Gasteiger partial charge in [-0.3, -0.25) is 48.1 Å². The molecule has 0 aliphatic rings. The molecule has 0 aromatic heterocycles. The number of nitrogens with one attached hydrogen (secondary N) is 8. The molecule has 73 heavy (non-hydrogen) atoms. The summed E-state index contributed by atoms with van der Waals surface area (Å²) in [6.07, 6.45) is -0.735. The summed E-state index contributed by atoms with van der Waals surface area (Å²) in [6.45, 7) is 8.70. The highest BCUT2D eigenvalue weighted by Gasteiger charge is 2.35. The van der Waals surface area contributed by atoms with Crippen LogP contribution < -0.4 is 65.5 Å². The summed E-state index contributed by atoms with van der Waals surface area (Å²) in [6, 6.07) is -5.70. The van der Waals surface area contributed by atoms with Gasteiger partial charge in [0.1, 0.15) is 48.0 Å². The Morgan fingerprint density at radius 3 is 1.67 bits per heavy atom. The normalized spacial score (nSPS) is 15.5. The molecule has 0 aliphatic heterocycles. The fourth-order valence-corrected chi connectivity index (χ4v) is 6.84. The molecule has 1 aromatic rings. The highest BCUT2D eigenvalue weighted by Crippen LogP contribution is 2.14. The molecule has 0 spiro atoms. The molecular formula is C46H77N13O14. The third-order valence-electron chi connectivity index (χ3n) is 11.8. The first-order valence-electron chi connectivity index (χ1n) is 24.1. The summed E-state index contributed by atoms with van der Waals surface area (Å²) < 4.78 is 0. The van der Waals surface area contributed by atoms with Gasteiger partial charge in [-0.15, -0.1) is 0 Å². The molecule has 20 N–H and O–H groups in total. The van der Waals surface area contributed by atoms with Crippen molar-refractivity contribution in [2.45, 2.75) is 154 Å². The van der Waals surface area contributed by atoms with Crippen LogP contribution in [0.2, 0.25) is 0 Å². The van der Waals surface area contributed by atoms with Gasteiger partial charge in [-0.2, -0.15) is 0 Å². The zero-order chi connectivity index (χ0) is 55.5. The van der Waals surface area contributed by atoms with Crippen molar-refractivity contribution in [3.63, 3.8) is 0 Å². The number of aromatic hydroxyl groups is 1. The molecule has 1 rings (SSSR count). The Morgan fingerprint density at radius 2 is 1.15 bits per heavy atom. The number of aliphatic hydroxyl groups is 1. The SMILES string of the molecule is CC[C@H](C)[C@H](N)C(=O)N[C@@H](CCCN=C(N)N)C(=O)N[C@@H](CCCCN)C(=O)N[C@@H](Cc1ccc(O)cc1)C(=O)N[C@@H](C)C(=O)N[C@@H](CC(=O)O)C(=O)NCC(=O)N[C@H](C(=O)N[C@H](C(=O)O)[C@@H](C)CC)[C@@H](C)O. The molecule has 0 bridgehead atoms. The zero-order valence-corrected chi connectivity index (χ0v) is 42.3. The molecular weight excluding hydrogens is 959 g/mol. The second kappa shape index (κ2) is 32.8. The lowest BCUT2D eigenvalue weighted by molar-refractivity contribution is -0.144. The predicted octanol–water partition coefficient (Wildman–Crippen LogP) is -3.99. The van der Waals surface area contributed by atoms with E-state index in [0.29, 0.717) is 31.2 Å². The van der Waals surface area contributed by atoms with Crippen molar-refractivity contribution < 1.29 is 68.4 Å². The van der Waals surface area contributed by atoms with Crippen molar-refractivity contribution in [1.82, 2.24) is 42.5 Å². The lowest BCUT2D eigenvalue weighted by Crippen LogP contribution is -2.60. The third kappa shape index (κ3) is 23.8. The quantitative estimate of drug-likeness (QED) is 0.0178. The number of carbonyl (C=O) groups is 10. The average Bonchev–Trinajstić information content (AvgIpc) is 3.33. The number of hydrogen-bond donors (Lipinski definition) is 16. The lowest BCUT2D eigenvalue weighted by atomic mass is 9.98.